The van der Waals surface area contributed by atoms with Crippen molar-refractivity contribution in [2.24, 2.45) is 5.41 Å². The van der Waals surface area contributed by atoms with Gasteiger partial charge in [-0.3, -0.25) is 13.7 Å². The molecule has 0 fully saturated rings. The molecular weight excluding hydrogens is 769 g/mol. The molecule has 314 valence electrons. The van der Waals surface area contributed by atoms with Crippen LogP contribution in [0.25, 0.3) is 84.3 Å². The van der Waals surface area contributed by atoms with Crippen molar-refractivity contribution in [2.75, 3.05) is 0 Å². The van der Waals surface area contributed by atoms with Crippen molar-refractivity contribution in [2.45, 2.75) is 86.0 Å². The van der Waals surface area contributed by atoms with Gasteiger partial charge in [-0.25, -0.2) is 15.0 Å². The first-order chi connectivity index (χ1) is 30.1. The molecule has 9 aromatic rings. The van der Waals surface area contributed by atoms with Gasteiger partial charge in [-0.15, -0.1) is 0 Å². The van der Waals surface area contributed by atoms with E-state index in [-0.39, 0.29) is 16.2 Å². The van der Waals surface area contributed by atoms with Gasteiger partial charge in [0.25, 0.3) is 0 Å². The van der Waals surface area contributed by atoms with Crippen LogP contribution in [-0.2, 0) is 10.8 Å². The van der Waals surface area contributed by atoms with Crippen molar-refractivity contribution < 1.29 is 0 Å². The van der Waals surface area contributed by atoms with E-state index in [0.29, 0.717) is 0 Å². The highest BCUT2D eigenvalue weighted by atomic mass is 15.1. The van der Waals surface area contributed by atoms with Crippen LogP contribution in [0.1, 0.15) is 86.3 Å². The van der Waals surface area contributed by atoms with E-state index in [0.717, 1.165) is 91.5 Å². The Bertz CT molecular complexity index is 3100. The van der Waals surface area contributed by atoms with Crippen molar-refractivity contribution in [3.8, 4) is 45.5 Å². The zero-order valence-corrected chi connectivity index (χ0v) is 38.0. The molecule has 0 N–H and O–H groups in total. The number of fused-ring (bicyclic) bond motifs is 3. The van der Waals surface area contributed by atoms with Crippen molar-refractivity contribution in [3.63, 3.8) is 0 Å². The van der Waals surface area contributed by atoms with Gasteiger partial charge in [0.15, 0.2) is 0 Å². The maximum absolute atomic E-state index is 5.45. The van der Waals surface area contributed by atoms with Crippen molar-refractivity contribution in [1.82, 2.24) is 28.7 Å². The number of rotatable bonds is 6. The van der Waals surface area contributed by atoms with Gasteiger partial charge in [0.05, 0.1) is 33.1 Å². The number of allylic oxidation sites excluding steroid dienone is 4. The molecule has 3 aromatic heterocycles. The molecule has 0 atom stereocenters. The van der Waals surface area contributed by atoms with Crippen LogP contribution in [0, 0.1) is 5.41 Å². The van der Waals surface area contributed by atoms with E-state index in [1.807, 2.05) is 0 Å². The molecule has 1 aliphatic rings. The summed E-state index contributed by atoms with van der Waals surface area (Å²) in [5, 5.41) is 0. The standard InChI is InChI=1S/C57H56N6/c1-55(2,3)40-22-28-43(29-23-40)61-49-19-13-10-16-46(49)58-52(61)37-34-38(53-59-47-17-11-14-20-50(47)62(53)44-30-24-41(25-31-44)56(4,5)6)36-39(35-37)54-60-48-18-12-15-21-51(48)63(54)45-32-26-42(27-33-45)57(7,8)9/h10-26,28-32,34-36H,27,33H2,1-9H3. The Morgan fingerprint density at radius 2 is 0.746 bits per heavy atom. The van der Waals surface area contributed by atoms with E-state index < -0.39 is 0 Å². The third-order valence-electron chi connectivity index (χ3n) is 12.8. The smallest absolute Gasteiger partial charge is 0.145 e. The van der Waals surface area contributed by atoms with Crippen LogP contribution < -0.4 is 0 Å². The second-order valence-corrected chi connectivity index (χ2v) is 20.3. The first-order valence-electron chi connectivity index (χ1n) is 22.3. The Labute approximate surface area is 371 Å². The van der Waals surface area contributed by atoms with Crippen LogP contribution in [0.5, 0.6) is 0 Å². The number of benzene rings is 6. The highest BCUT2D eigenvalue weighted by Gasteiger charge is 2.26. The minimum absolute atomic E-state index is 0.0312. The van der Waals surface area contributed by atoms with Gasteiger partial charge in [-0.1, -0.05) is 135 Å². The van der Waals surface area contributed by atoms with E-state index in [1.165, 1.54) is 22.4 Å². The average Bonchev–Trinajstić information content (AvgIpc) is 3.98. The topological polar surface area (TPSA) is 53.5 Å². The SMILES string of the molecule is CC(C)(C)C1=CC=C(n2c(-c3cc(-c4nc5ccccc5n4-c4ccc(C(C)(C)C)cc4)cc(-c4nc5ccccc5n4-c4ccc(C(C)(C)C)cc4)c3)nc3ccccc32)CC1. The third kappa shape index (κ3) is 7.31. The molecule has 6 aromatic carbocycles. The summed E-state index contributed by atoms with van der Waals surface area (Å²) in [6.07, 6.45) is 6.57. The maximum Gasteiger partial charge on any atom is 0.145 e. The molecule has 0 saturated heterocycles. The Kier molecular flexibility index (Phi) is 9.56. The van der Waals surface area contributed by atoms with Gasteiger partial charge < -0.3 is 0 Å². The van der Waals surface area contributed by atoms with Crippen molar-refractivity contribution in [1.29, 1.82) is 0 Å². The minimum Gasteiger partial charge on any atom is -0.296 e. The molecule has 10 rings (SSSR count). The first kappa shape index (κ1) is 40.3. The average molecular weight is 825 g/mol. The normalized spacial score (nSPS) is 13.9. The molecule has 0 bridgehead atoms. The van der Waals surface area contributed by atoms with Gasteiger partial charge in [0, 0.05) is 33.8 Å². The van der Waals surface area contributed by atoms with E-state index in [9.17, 15) is 0 Å². The van der Waals surface area contributed by atoms with Gasteiger partial charge >= 0.3 is 0 Å². The molecule has 6 nitrogen and oxygen atoms in total. The number of hydrogen-bond donors (Lipinski definition) is 0. The number of aromatic nitrogens is 6. The lowest BCUT2D eigenvalue weighted by molar-refractivity contribution is 0.481. The second kappa shape index (κ2) is 14.9. The van der Waals surface area contributed by atoms with Crippen LogP contribution in [0.2, 0.25) is 0 Å². The minimum atomic E-state index is 0.0312. The van der Waals surface area contributed by atoms with E-state index in [2.05, 4.69) is 228 Å². The molecule has 0 spiro atoms. The fraction of sp³-hybridized carbons (Fsp3) is 0.246. The summed E-state index contributed by atoms with van der Waals surface area (Å²) in [7, 11) is 0. The zero-order chi connectivity index (χ0) is 43.8. The van der Waals surface area contributed by atoms with Gasteiger partial charge in [-0.05, 0) is 125 Å². The quantitative estimate of drug-likeness (QED) is 0.168. The Hall–Kier alpha value is -6.79. The van der Waals surface area contributed by atoms with E-state index in [4.69, 9.17) is 15.0 Å². The zero-order valence-electron chi connectivity index (χ0n) is 38.0. The van der Waals surface area contributed by atoms with Gasteiger partial charge in [0.2, 0.25) is 0 Å². The summed E-state index contributed by atoms with van der Waals surface area (Å²) in [6, 6.07) is 50.2. The molecule has 3 heterocycles. The Morgan fingerprint density at radius 1 is 0.381 bits per heavy atom. The lowest BCUT2D eigenvalue weighted by Gasteiger charge is -2.27. The number of para-hydroxylation sites is 6. The highest BCUT2D eigenvalue weighted by Crippen LogP contribution is 2.41. The predicted molar refractivity (Wildman–Crippen MR) is 264 cm³/mol. The van der Waals surface area contributed by atoms with Gasteiger partial charge in [-0.2, -0.15) is 0 Å². The summed E-state index contributed by atoms with van der Waals surface area (Å²) in [5.74, 6) is 2.61. The Balaban J connectivity index is 1.26. The molecular formula is C57H56N6. The largest absolute Gasteiger partial charge is 0.296 e. The molecule has 0 aliphatic heterocycles. The summed E-state index contributed by atoms with van der Waals surface area (Å²) >= 11 is 0. The molecule has 0 radical (unpaired) electrons. The second-order valence-electron chi connectivity index (χ2n) is 20.3. The van der Waals surface area contributed by atoms with Crippen LogP contribution in [-0.4, -0.2) is 28.7 Å². The van der Waals surface area contributed by atoms with Crippen LogP contribution in [0.3, 0.4) is 0 Å². The van der Waals surface area contributed by atoms with E-state index >= 15 is 0 Å². The molecule has 1 aliphatic carbocycles. The maximum atomic E-state index is 5.45. The number of nitrogens with zero attached hydrogens (tertiary/aromatic N) is 6. The monoisotopic (exact) mass is 824 g/mol. The van der Waals surface area contributed by atoms with Crippen LogP contribution >= 0.6 is 0 Å². The van der Waals surface area contributed by atoms with Crippen LogP contribution in [0.4, 0.5) is 0 Å². The molecule has 6 heteroatoms. The first-order valence-corrected chi connectivity index (χ1v) is 22.3. The highest BCUT2D eigenvalue weighted by molar-refractivity contribution is 5.91. The summed E-state index contributed by atoms with van der Waals surface area (Å²) in [6.45, 7) is 20.5. The van der Waals surface area contributed by atoms with Crippen molar-refractivity contribution >= 4 is 38.8 Å². The fourth-order valence-electron chi connectivity index (χ4n) is 9.15. The molecule has 0 saturated carbocycles. The number of hydrogen-bond acceptors (Lipinski definition) is 3. The lowest BCUT2D eigenvalue weighted by atomic mass is 9.81. The number of imidazole rings is 3. The van der Waals surface area contributed by atoms with E-state index in [1.54, 1.807) is 0 Å². The summed E-state index contributed by atoms with van der Waals surface area (Å²) in [4.78, 5) is 16.3. The fourth-order valence-corrected chi connectivity index (χ4v) is 9.15. The molecule has 0 unspecified atom stereocenters. The summed E-state index contributed by atoms with van der Waals surface area (Å²) in [5.41, 5.74) is 16.6. The van der Waals surface area contributed by atoms with Crippen LogP contribution in [0.15, 0.2) is 157 Å². The van der Waals surface area contributed by atoms with Crippen molar-refractivity contribution in [3.05, 3.63) is 168 Å². The summed E-state index contributed by atoms with van der Waals surface area (Å²) < 4.78 is 7.01. The Morgan fingerprint density at radius 3 is 1.10 bits per heavy atom. The molecule has 0 amide bonds. The predicted octanol–water partition coefficient (Wildman–Crippen LogP) is 14.9. The van der Waals surface area contributed by atoms with Gasteiger partial charge in [0.1, 0.15) is 17.5 Å². The lowest BCUT2D eigenvalue weighted by Crippen LogP contribution is -2.13. The molecule has 63 heavy (non-hydrogen) atoms. The third-order valence-corrected chi connectivity index (χ3v) is 12.8.